The van der Waals surface area contributed by atoms with Crippen LogP contribution in [-0.4, -0.2) is 49.2 Å². The van der Waals surface area contributed by atoms with Gasteiger partial charge in [0.1, 0.15) is 0 Å². The smallest absolute Gasteiger partial charge is 0.311 e. The van der Waals surface area contributed by atoms with Gasteiger partial charge in [-0.15, -0.1) is 0 Å². The van der Waals surface area contributed by atoms with E-state index in [9.17, 15) is 9.59 Å². The number of hydrogen-bond acceptors (Lipinski definition) is 4. The van der Waals surface area contributed by atoms with Crippen molar-refractivity contribution in [2.75, 3.05) is 26.3 Å². The van der Waals surface area contributed by atoms with E-state index < -0.39 is 0 Å². The zero-order valence-electron chi connectivity index (χ0n) is 11.5. The first-order chi connectivity index (χ1) is 8.54. The Hall–Kier alpha value is -1.10. The lowest BCUT2D eigenvalue weighted by Gasteiger charge is -2.16. The molecule has 1 rings (SSSR count). The Morgan fingerprint density at radius 3 is 2.83 bits per heavy atom. The van der Waals surface area contributed by atoms with Gasteiger partial charge in [-0.05, 0) is 27.2 Å². The summed E-state index contributed by atoms with van der Waals surface area (Å²) in [5, 5.41) is 0. The molecule has 1 aliphatic rings. The molecule has 0 bridgehead atoms. The van der Waals surface area contributed by atoms with Crippen molar-refractivity contribution in [3.63, 3.8) is 0 Å². The maximum absolute atomic E-state index is 11.7. The molecule has 1 unspecified atom stereocenters. The number of carbonyl (C=O) groups is 2. The van der Waals surface area contributed by atoms with Crippen LogP contribution in [0.3, 0.4) is 0 Å². The second kappa shape index (κ2) is 7.36. The second-order valence-electron chi connectivity index (χ2n) is 4.77. The van der Waals surface area contributed by atoms with Crippen LogP contribution in [0.5, 0.6) is 0 Å². The van der Waals surface area contributed by atoms with Gasteiger partial charge in [0, 0.05) is 26.1 Å². The third-order valence-electron chi connectivity index (χ3n) is 2.86. The van der Waals surface area contributed by atoms with Gasteiger partial charge in [-0.2, -0.15) is 0 Å². The number of carbonyl (C=O) groups excluding carboxylic acids is 2. The molecular formula is C13H23NO4. The van der Waals surface area contributed by atoms with E-state index >= 15 is 0 Å². The Bertz CT molecular complexity index is 291. The number of hydrogen-bond donors (Lipinski definition) is 0. The summed E-state index contributed by atoms with van der Waals surface area (Å²) in [5.74, 6) is -0.507. The average molecular weight is 257 g/mol. The van der Waals surface area contributed by atoms with Crippen LogP contribution in [0.25, 0.3) is 0 Å². The molecule has 0 aromatic carbocycles. The minimum atomic E-state index is -0.288. The molecular weight excluding hydrogens is 234 g/mol. The second-order valence-corrected chi connectivity index (χ2v) is 4.77. The lowest BCUT2D eigenvalue weighted by Crippen LogP contribution is -2.28. The van der Waals surface area contributed by atoms with E-state index in [1.54, 1.807) is 11.8 Å². The maximum atomic E-state index is 11.7. The van der Waals surface area contributed by atoms with Crippen molar-refractivity contribution >= 4 is 11.9 Å². The van der Waals surface area contributed by atoms with Crippen molar-refractivity contribution in [1.29, 1.82) is 0 Å². The Labute approximate surface area is 108 Å². The summed E-state index contributed by atoms with van der Waals surface area (Å²) >= 11 is 0. The Kier molecular flexibility index (Phi) is 6.12. The average Bonchev–Trinajstić information content (AvgIpc) is 2.67. The van der Waals surface area contributed by atoms with Crippen LogP contribution < -0.4 is 0 Å². The van der Waals surface area contributed by atoms with Crippen molar-refractivity contribution in [3.05, 3.63) is 0 Å². The molecule has 0 aromatic heterocycles. The van der Waals surface area contributed by atoms with Gasteiger partial charge in [-0.1, -0.05) is 0 Å². The fraction of sp³-hybridized carbons (Fsp3) is 0.846. The molecule has 104 valence electrons. The molecule has 0 N–H and O–H groups in total. The van der Waals surface area contributed by atoms with Crippen LogP contribution in [0.4, 0.5) is 0 Å². The van der Waals surface area contributed by atoms with Crippen LogP contribution in [-0.2, 0) is 19.1 Å². The summed E-state index contributed by atoms with van der Waals surface area (Å²) in [6.07, 6.45) is 1.30. The Balaban J connectivity index is 2.27. The summed E-state index contributed by atoms with van der Waals surface area (Å²) in [6, 6.07) is 0. The zero-order valence-corrected chi connectivity index (χ0v) is 11.5. The molecule has 5 heteroatoms. The highest BCUT2D eigenvalue weighted by molar-refractivity contribution is 5.86. The highest BCUT2D eigenvalue weighted by atomic mass is 16.5. The molecule has 1 heterocycles. The first kappa shape index (κ1) is 15.0. The van der Waals surface area contributed by atoms with Crippen LogP contribution in [0.15, 0.2) is 0 Å². The molecule has 0 aromatic rings. The number of likely N-dealkylation sites (tertiary alicyclic amines) is 1. The van der Waals surface area contributed by atoms with E-state index in [0.29, 0.717) is 26.3 Å². The van der Waals surface area contributed by atoms with Gasteiger partial charge in [0.2, 0.25) is 5.91 Å². The highest BCUT2D eigenvalue weighted by Gasteiger charge is 2.34. The molecule has 1 amide bonds. The molecule has 0 aliphatic carbocycles. The van der Waals surface area contributed by atoms with E-state index in [0.717, 1.165) is 6.42 Å². The molecule has 5 nitrogen and oxygen atoms in total. The summed E-state index contributed by atoms with van der Waals surface area (Å²) < 4.78 is 10.4. The van der Waals surface area contributed by atoms with Crippen LogP contribution in [0.1, 0.15) is 33.6 Å². The molecule has 0 spiro atoms. The van der Waals surface area contributed by atoms with Crippen molar-refractivity contribution in [1.82, 2.24) is 4.90 Å². The van der Waals surface area contributed by atoms with E-state index in [2.05, 4.69) is 0 Å². The molecule has 1 fully saturated rings. The van der Waals surface area contributed by atoms with Crippen LogP contribution in [0.2, 0.25) is 0 Å². The predicted molar refractivity (Wildman–Crippen MR) is 67.0 cm³/mol. The van der Waals surface area contributed by atoms with E-state index in [-0.39, 0.29) is 30.3 Å². The monoisotopic (exact) mass is 257 g/mol. The summed E-state index contributed by atoms with van der Waals surface area (Å²) in [5.41, 5.74) is 0. The van der Waals surface area contributed by atoms with Crippen molar-refractivity contribution in [3.8, 4) is 0 Å². The topological polar surface area (TPSA) is 55.8 Å². The van der Waals surface area contributed by atoms with Gasteiger partial charge in [-0.25, -0.2) is 0 Å². The van der Waals surface area contributed by atoms with E-state index in [1.165, 1.54) is 0 Å². The van der Waals surface area contributed by atoms with Crippen LogP contribution in [0, 0.1) is 5.92 Å². The number of ether oxygens (including phenoxy) is 2. The fourth-order valence-electron chi connectivity index (χ4n) is 1.98. The minimum Gasteiger partial charge on any atom is -0.466 e. The van der Waals surface area contributed by atoms with Gasteiger partial charge in [0.15, 0.2) is 0 Å². The summed E-state index contributed by atoms with van der Waals surface area (Å²) in [7, 11) is 0. The van der Waals surface area contributed by atoms with Crippen molar-refractivity contribution in [2.24, 2.45) is 5.92 Å². The fourth-order valence-corrected chi connectivity index (χ4v) is 1.98. The predicted octanol–water partition coefficient (Wildman–Crippen LogP) is 1.21. The quantitative estimate of drug-likeness (QED) is 0.508. The molecule has 0 radical (unpaired) electrons. The van der Waals surface area contributed by atoms with Crippen molar-refractivity contribution < 1.29 is 19.1 Å². The number of rotatable bonds is 7. The highest BCUT2D eigenvalue weighted by Crippen LogP contribution is 2.19. The lowest BCUT2D eigenvalue weighted by atomic mass is 10.1. The maximum Gasteiger partial charge on any atom is 0.311 e. The van der Waals surface area contributed by atoms with Gasteiger partial charge < -0.3 is 14.4 Å². The number of nitrogens with zero attached hydrogens (tertiary/aromatic N) is 1. The van der Waals surface area contributed by atoms with Gasteiger partial charge >= 0.3 is 5.97 Å². The molecule has 1 saturated heterocycles. The van der Waals surface area contributed by atoms with Gasteiger partial charge in [0.25, 0.3) is 0 Å². The largest absolute Gasteiger partial charge is 0.466 e. The molecule has 18 heavy (non-hydrogen) atoms. The number of esters is 1. The Morgan fingerprint density at radius 2 is 2.22 bits per heavy atom. The first-order valence-corrected chi connectivity index (χ1v) is 6.60. The zero-order chi connectivity index (χ0) is 13.5. The number of amides is 1. The van der Waals surface area contributed by atoms with Gasteiger partial charge in [0.05, 0.1) is 18.6 Å². The summed E-state index contributed by atoms with van der Waals surface area (Å²) in [6.45, 7) is 7.89. The SMILES string of the molecule is CCOC(=O)C1CC(=O)N(CCCOC(C)C)C1. The van der Waals surface area contributed by atoms with Gasteiger partial charge in [-0.3, -0.25) is 9.59 Å². The van der Waals surface area contributed by atoms with E-state index in [1.807, 2.05) is 13.8 Å². The van der Waals surface area contributed by atoms with Crippen LogP contribution >= 0.6 is 0 Å². The van der Waals surface area contributed by atoms with E-state index in [4.69, 9.17) is 9.47 Å². The normalized spacial score (nSPS) is 19.7. The summed E-state index contributed by atoms with van der Waals surface area (Å²) in [4.78, 5) is 25.0. The molecule has 1 atom stereocenters. The lowest BCUT2D eigenvalue weighted by molar-refractivity contribution is -0.147. The molecule has 1 aliphatic heterocycles. The third-order valence-corrected chi connectivity index (χ3v) is 2.86. The standard InChI is InChI=1S/C13H23NO4/c1-4-17-13(16)11-8-12(15)14(9-11)6-5-7-18-10(2)3/h10-11H,4-9H2,1-3H3. The molecule has 0 saturated carbocycles. The van der Waals surface area contributed by atoms with Crippen molar-refractivity contribution in [2.45, 2.75) is 39.7 Å². The Morgan fingerprint density at radius 1 is 1.50 bits per heavy atom. The first-order valence-electron chi connectivity index (χ1n) is 6.60. The minimum absolute atomic E-state index is 0.0394. The third kappa shape index (κ3) is 4.64.